The van der Waals surface area contributed by atoms with E-state index in [0.717, 1.165) is 11.1 Å². The average Bonchev–Trinajstić information content (AvgIpc) is 2.32. The van der Waals surface area contributed by atoms with Crippen LogP contribution >= 0.6 is 11.6 Å². The van der Waals surface area contributed by atoms with E-state index in [1.165, 1.54) is 0 Å². The Labute approximate surface area is 105 Å². The summed E-state index contributed by atoms with van der Waals surface area (Å²) in [5.74, 6) is 0.223. The van der Waals surface area contributed by atoms with E-state index in [2.05, 4.69) is 0 Å². The maximum atomic E-state index is 10.1. The van der Waals surface area contributed by atoms with Crippen LogP contribution < -0.4 is 0 Å². The van der Waals surface area contributed by atoms with Crippen molar-refractivity contribution in [3.8, 4) is 5.75 Å². The van der Waals surface area contributed by atoms with E-state index in [0.29, 0.717) is 11.4 Å². The monoisotopic (exact) mass is 248 g/mol. The van der Waals surface area contributed by atoms with Crippen LogP contribution in [0.1, 0.15) is 17.2 Å². The Balaban J connectivity index is 2.14. The highest BCUT2D eigenvalue weighted by molar-refractivity contribution is 6.31. The third-order valence-electron chi connectivity index (χ3n) is 2.63. The molecule has 1 unspecified atom stereocenters. The van der Waals surface area contributed by atoms with Gasteiger partial charge in [-0.2, -0.15) is 0 Å². The van der Waals surface area contributed by atoms with Crippen molar-refractivity contribution in [3.63, 3.8) is 0 Å². The van der Waals surface area contributed by atoms with Crippen LogP contribution in [0, 0.1) is 0 Å². The van der Waals surface area contributed by atoms with Gasteiger partial charge >= 0.3 is 0 Å². The maximum absolute atomic E-state index is 10.1. The summed E-state index contributed by atoms with van der Waals surface area (Å²) in [5.41, 5.74) is 1.68. The molecule has 0 aliphatic heterocycles. The Hall–Kier alpha value is -1.51. The lowest BCUT2D eigenvalue weighted by Gasteiger charge is -2.12. The van der Waals surface area contributed by atoms with Gasteiger partial charge in [0.25, 0.3) is 0 Å². The number of phenolic OH excluding ortho intramolecular Hbond substituents is 1. The highest BCUT2D eigenvalue weighted by Crippen LogP contribution is 2.25. The number of hydrogen-bond donors (Lipinski definition) is 2. The molecule has 0 bridgehead atoms. The molecule has 0 saturated heterocycles. The molecule has 2 aromatic carbocycles. The predicted molar refractivity (Wildman–Crippen MR) is 68.2 cm³/mol. The van der Waals surface area contributed by atoms with Crippen molar-refractivity contribution in [1.82, 2.24) is 0 Å². The second-order valence-corrected chi connectivity index (χ2v) is 4.32. The first-order valence-corrected chi connectivity index (χ1v) is 5.75. The molecule has 0 amide bonds. The first-order valence-electron chi connectivity index (χ1n) is 5.37. The number of rotatable bonds is 3. The Morgan fingerprint density at radius 2 is 1.65 bits per heavy atom. The smallest absolute Gasteiger partial charge is 0.115 e. The van der Waals surface area contributed by atoms with Crippen molar-refractivity contribution in [2.45, 2.75) is 12.5 Å². The normalized spacial score (nSPS) is 12.4. The van der Waals surface area contributed by atoms with Crippen molar-refractivity contribution in [2.75, 3.05) is 0 Å². The topological polar surface area (TPSA) is 40.5 Å². The van der Waals surface area contributed by atoms with Crippen molar-refractivity contribution >= 4 is 11.6 Å². The van der Waals surface area contributed by atoms with Crippen LogP contribution in [-0.2, 0) is 6.42 Å². The molecule has 17 heavy (non-hydrogen) atoms. The molecule has 0 aliphatic carbocycles. The van der Waals surface area contributed by atoms with Gasteiger partial charge in [0.1, 0.15) is 5.75 Å². The van der Waals surface area contributed by atoms with Gasteiger partial charge in [-0.05, 0) is 29.3 Å². The van der Waals surface area contributed by atoms with Gasteiger partial charge in [-0.25, -0.2) is 0 Å². The minimum Gasteiger partial charge on any atom is -0.508 e. The summed E-state index contributed by atoms with van der Waals surface area (Å²) < 4.78 is 0. The molecular weight excluding hydrogens is 236 g/mol. The molecule has 0 heterocycles. The van der Waals surface area contributed by atoms with Crippen LogP contribution in [0.25, 0.3) is 0 Å². The number of phenols is 1. The molecule has 0 spiro atoms. The highest BCUT2D eigenvalue weighted by Gasteiger charge is 2.11. The molecule has 2 N–H and O–H groups in total. The molecule has 2 nitrogen and oxygen atoms in total. The van der Waals surface area contributed by atoms with Gasteiger partial charge in [-0.3, -0.25) is 0 Å². The van der Waals surface area contributed by atoms with Crippen LogP contribution in [0.3, 0.4) is 0 Å². The summed E-state index contributed by atoms with van der Waals surface area (Å²) in [6, 6.07) is 14.0. The Morgan fingerprint density at radius 1 is 1.00 bits per heavy atom. The molecule has 0 aliphatic rings. The molecule has 1 atom stereocenters. The fourth-order valence-electron chi connectivity index (χ4n) is 1.71. The lowest BCUT2D eigenvalue weighted by Crippen LogP contribution is -2.02. The Kier molecular flexibility index (Phi) is 3.67. The largest absolute Gasteiger partial charge is 0.508 e. The second kappa shape index (κ2) is 5.21. The molecule has 0 radical (unpaired) electrons. The number of benzene rings is 2. The zero-order chi connectivity index (χ0) is 12.3. The minimum atomic E-state index is -0.631. The summed E-state index contributed by atoms with van der Waals surface area (Å²) in [6.07, 6.45) is -0.155. The number of hydrogen-bond acceptors (Lipinski definition) is 2. The molecule has 0 saturated carbocycles. The Morgan fingerprint density at radius 3 is 2.29 bits per heavy atom. The van der Waals surface area contributed by atoms with Crippen LogP contribution in [0.15, 0.2) is 48.5 Å². The molecule has 2 aromatic rings. The molecule has 88 valence electrons. The standard InChI is InChI=1S/C14H13ClO2/c15-13-4-2-1-3-12(13)14(17)9-10-5-7-11(16)8-6-10/h1-8,14,16-17H,9H2. The second-order valence-electron chi connectivity index (χ2n) is 3.91. The number of aliphatic hydroxyl groups is 1. The van der Waals surface area contributed by atoms with Crippen molar-refractivity contribution in [2.24, 2.45) is 0 Å². The zero-order valence-corrected chi connectivity index (χ0v) is 9.93. The van der Waals surface area contributed by atoms with Gasteiger partial charge in [0.15, 0.2) is 0 Å². The summed E-state index contributed by atoms with van der Waals surface area (Å²) >= 11 is 6.01. The van der Waals surface area contributed by atoms with E-state index in [1.54, 1.807) is 30.3 Å². The number of aliphatic hydroxyl groups excluding tert-OH is 1. The number of aromatic hydroxyl groups is 1. The SMILES string of the molecule is Oc1ccc(CC(O)c2ccccc2Cl)cc1. The summed E-state index contributed by atoms with van der Waals surface area (Å²) in [5, 5.41) is 19.8. The van der Waals surface area contributed by atoms with E-state index in [1.807, 2.05) is 18.2 Å². The van der Waals surface area contributed by atoms with E-state index >= 15 is 0 Å². The molecule has 0 aromatic heterocycles. The quantitative estimate of drug-likeness (QED) is 0.875. The first-order chi connectivity index (χ1) is 8.16. The van der Waals surface area contributed by atoms with E-state index in [9.17, 15) is 5.11 Å². The summed E-state index contributed by atoms with van der Waals surface area (Å²) in [7, 11) is 0. The van der Waals surface area contributed by atoms with Crippen molar-refractivity contribution in [3.05, 3.63) is 64.7 Å². The van der Waals surface area contributed by atoms with Gasteiger partial charge in [0, 0.05) is 11.4 Å². The molecule has 0 fully saturated rings. The highest BCUT2D eigenvalue weighted by atomic mass is 35.5. The Bertz CT molecular complexity index is 494. The lowest BCUT2D eigenvalue weighted by molar-refractivity contribution is 0.178. The minimum absolute atomic E-state index is 0.223. The van der Waals surface area contributed by atoms with E-state index in [4.69, 9.17) is 16.7 Å². The van der Waals surface area contributed by atoms with Crippen LogP contribution in [0.4, 0.5) is 0 Å². The van der Waals surface area contributed by atoms with Gasteiger partial charge in [-0.1, -0.05) is 41.9 Å². The molecular formula is C14H13ClO2. The van der Waals surface area contributed by atoms with Crippen molar-refractivity contribution < 1.29 is 10.2 Å². The maximum Gasteiger partial charge on any atom is 0.115 e. The van der Waals surface area contributed by atoms with Gasteiger partial charge < -0.3 is 10.2 Å². The van der Waals surface area contributed by atoms with E-state index in [-0.39, 0.29) is 5.75 Å². The van der Waals surface area contributed by atoms with Gasteiger partial charge in [0.2, 0.25) is 0 Å². The van der Waals surface area contributed by atoms with Crippen LogP contribution in [0.5, 0.6) is 5.75 Å². The third kappa shape index (κ3) is 2.99. The summed E-state index contributed by atoms with van der Waals surface area (Å²) in [6.45, 7) is 0. The molecule has 2 rings (SSSR count). The summed E-state index contributed by atoms with van der Waals surface area (Å²) in [4.78, 5) is 0. The fourth-order valence-corrected chi connectivity index (χ4v) is 1.97. The third-order valence-corrected chi connectivity index (χ3v) is 2.97. The van der Waals surface area contributed by atoms with Crippen molar-refractivity contribution in [1.29, 1.82) is 0 Å². The zero-order valence-electron chi connectivity index (χ0n) is 9.18. The van der Waals surface area contributed by atoms with Crippen LogP contribution in [-0.4, -0.2) is 10.2 Å². The number of halogens is 1. The fraction of sp³-hybridized carbons (Fsp3) is 0.143. The van der Waals surface area contributed by atoms with Crippen LogP contribution in [0.2, 0.25) is 5.02 Å². The average molecular weight is 249 g/mol. The predicted octanol–water partition coefficient (Wildman–Crippen LogP) is 3.32. The molecule has 3 heteroatoms. The van der Waals surface area contributed by atoms with Gasteiger partial charge in [-0.15, -0.1) is 0 Å². The van der Waals surface area contributed by atoms with E-state index < -0.39 is 6.10 Å². The van der Waals surface area contributed by atoms with Gasteiger partial charge in [0.05, 0.1) is 6.10 Å². The lowest BCUT2D eigenvalue weighted by atomic mass is 10.0. The first kappa shape index (κ1) is 12.0.